The summed E-state index contributed by atoms with van der Waals surface area (Å²) in [5.41, 5.74) is -0.379. The normalized spacial score (nSPS) is 22.2. The van der Waals surface area contributed by atoms with Gasteiger partial charge in [0.25, 0.3) is 5.91 Å². The van der Waals surface area contributed by atoms with Gasteiger partial charge < -0.3 is 4.90 Å². The minimum absolute atomic E-state index is 0.120. The minimum atomic E-state index is -3.88. The second kappa shape index (κ2) is 7.95. The fourth-order valence-electron chi connectivity index (χ4n) is 4.39. The zero-order chi connectivity index (χ0) is 22.3. The number of nitrogens with zero attached hydrogens (tertiary/aromatic N) is 1. The lowest BCUT2D eigenvalue weighted by atomic mass is 9.62. The summed E-state index contributed by atoms with van der Waals surface area (Å²) in [4.78, 5) is 28.1. The van der Waals surface area contributed by atoms with Gasteiger partial charge in [-0.1, -0.05) is 60.5 Å². The molecule has 2 aromatic carbocycles. The molecular weight excluding hydrogens is 436 g/mol. The van der Waals surface area contributed by atoms with Gasteiger partial charge >= 0.3 is 0 Å². The van der Waals surface area contributed by atoms with E-state index in [4.69, 9.17) is 11.6 Å². The molecule has 1 aliphatic heterocycles. The van der Waals surface area contributed by atoms with Crippen molar-refractivity contribution in [3.63, 3.8) is 0 Å². The zero-order valence-corrected chi connectivity index (χ0v) is 18.9. The van der Waals surface area contributed by atoms with Crippen LogP contribution in [-0.2, 0) is 30.8 Å². The fourth-order valence-corrected chi connectivity index (χ4v) is 5.72. The number of hydrogen-bond acceptors (Lipinski definition) is 4. The molecule has 1 saturated carbocycles. The first-order valence-corrected chi connectivity index (χ1v) is 12.4. The molecule has 1 aliphatic carbocycles. The van der Waals surface area contributed by atoms with Gasteiger partial charge in [-0.25, -0.2) is 8.42 Å². The zero-order valence-electron chi connectivity index (χ0n) is 17.3. The third kappa shape index (κ3) is 3.96. The van der Waals surface area contributed by atoms with Crippen LogP contribution in [0.3, 0.4) is 0 Å². The predicted molar refractivity (Wildman–Crippen MR) is 119 cm³/mol. The summed E-state index contributed by atoms with van der Waals surface area (Å²) in [5, 5.41) is 0.600. The van der Waals surface area contributed by atoms with E-state index in [0.717, 1.165) is 12.0 Å². The molecule has 2 amide bonds. The maximum absolute atomic E-state index is 13.6. The van der Waals surface area contributed by atoms with Crippen molar-refractivity contribution in [2.24, 2.45) is 0 Å². The topological polar surface area (TPSA) is 83.6 Å². The van der Waals surface area contributed by atoms with Crippen LogP contribution in [-0.4, -0.2) is 37.2 Å². The molecule has 2 fully saturated rings. The van der Waals surface area contributed by atoms with Crippen molar-refractivity contribution in [3.8, 4) is 0 Å². The van der Waals surface area contributed by atoms with Crippen LogP contribution < -0.4 is 4.72 Å². The molecule has 2 aliphatic rings. The number of rotatable bonds is 6. The number of halogens is 1. The lowest BCUT2D eigenvalue weighted by Gasteiger charge is -2.54. The van der Waals surface area contributed by atoms with Gasteiger partial charge in [-0.15, -0.1) is 0 Å². The molecule has 0 bridgehead atoms. The Bertz CT molecular complexity index is 1100. The first-order valence-electron chi connectivity index (χ1n) is 10.3. The van der Waals surface area contributed by atoms with Gasteiger partial charge in [-0.2, -0.15) is 0 Å². The SMILES string of the molecule is CC1(C(=O)NS(=O)(=O)Cc2ccccc2)CCN1C(=O)C1(c2ccc(Cl)cc2)CCC1. The number of amides is 2. The maximum atomic E-state index is 13.6. The minimum Gasteiger partial charge on any atom is -0.327 e. The molecule has 0 radical (unpaired) electrons. The highest BCUT2D eigenvalue weighted by atomic mass is 35.5. The second-order valence-electron chi connectivity index (χ2n) is 8.60. The number of carbonyl (C=O) groups excluding carboxylic acids is 2. The summed E-state index contributed by atoms with van der Waals surface area (Å²) >= 11 is 6.00. The molecule has 1 heterocycles. The summed E-state index contributed by atoms with van der Waals surface area (Å²) in [6, 6.07) is 15.9. The van der Waals surface area contributed by atoms with Crippen molar-refractivity contribution in [3.05, 3.63) is 70.7 Å². The highest BCUT2D eigenvalue weighted by Crippen LogP contribution is 2.48. The van der Waals surface area contributed by atoms with Crippen LogP contribution in [0.2, 0.25) is 5.02 Å². The van der Waals surface area contributed by atoms with Crippen molar-refractivity contribution < 1.29 is 18.0 Å². The lowest BCUT2D eigenvalue weighted by molar-refractivity contribution is -0.163. The van der Waals surface area contributed by atoms with Crippen LogP contribution in [0.1, 0.15) is 43.7 Å². The van der Waals surface area contributed by atoms with E-state index < -0.39 is 26.9 Å². The highest BCUT2D eigenvalue weighted by molar-refractivity contribution is 7.89. The third-order valence-corrected chi connectivity index (χ3v) is 8.08. The van der Waals surface area contributed by atoms with Crippen molar-refractivity contribution in [1.29, 1.82) is 0 Å². The van der Waals surface area contributed by atoms with E-state index in [9.17, 15) is 18.0 Å². The molecule has 4 rings (SSSR count). The Morgan fingerprint density at radius 3 is 2.19 bits per heavy atom. The Hall–Kier alpha value is -2.38. The molecule has 8 heteroatoms. The van der Waals surface area contributed by atoms with Crippen LogP contribution in [0, 0.1) is 0 Å². The average molecular weight is 461 g/mol. The number of likely N-dealkylation sites (tertiary alicyclic amines) is 1. The number of carbonyl (C=O) groups is 2. The third-order valence-electron chi connectivity index (χ3n) is 6.61. The Morgan fingerprint density at radius 2 is 1.68 bits per heavy atom. The number of benzene rings is 2. The predicted octanol–water partition coefficient (Wildman–Crippen LogP) is 3.40. The summed E-state index contributed by atoms with van der Waals surface area (Å²) < 4.78 is 27.3. The largest absolute Gasteiger partial charge is 0.327 e. The number of nitrogens with one attached hydrogen (secondary N) is 1. The van der Waals surface area contributed by atoms with Gasteiger partial charge in [0.1, 0.15) is 5.54 Å². The maximum Gasteiger partial charge on any atom is 0.259 e. The van der Waals surface area contributed by atoms with Crippen molar-refractivity contribution in [2.45, 2.75) is 49.3 Å². The van der Waals surface area contributed by atoms with Crippen LogP contribution >= 0.6 is 11.6 Å². The first kappa shape index (κ1) is 21.8. The van der Waals surface area contributed by atoms with Crippen molar-refractivity contribution >= 4 is 33.4 Å². The molecule has 0 aromatic heterocycles. The van der Waals surface area contributed by atoms with Crippen molar-refractivity contribution in [1.82, 2.24) is 9.62 Å². The molecule has 31 heavy (non-hydrogen) atoms. The van der Waals surface area contributed by atoms with Crippen molar-refractivity contribution in [2.75, 3.05) is 6.54 Å². The molecule has 1 atom stereocenters. The molecule has 1 N–H and O–H groups in total. The summed E-state index contributed by atoms with van der Waals surface area (Å²) in [6.07, 6.45) is 2.75. The second-order valence-corrected chi connectivity index (χ2v) is 10.8. The fraction of sp³-hybridized carbons (Fsp3) is 0.391. The van der Waals surface area contributed by atoms with Gasteiger partial charge in [-0.3, -0.25) is 14.3 Å². The van der Waals surface area contributed by atoms with E-state index in [-0.39, 0.29) is 11.7 Å². The number of sulfonamides is 1. The van der Waals surface area contributed by atoms with E-state index in [1.807, 2.05) is 12.1 Å². The van der Waals surface area contributed by atoms with Crippen LogP contribution in [0.25, 0.3) is 0 Å². The quantitative estimate of drug-likeness (QED) is 0.716. The van der Waals surface area contributed by atoms with Gasteiger partial charge in [0.15, 0.2) is 0 Å². The van der Waals surface area contributed by atoms with Gasteiger partial charge in [0.2, 0.25) is 15.9 Å². The smallest absolute Gasteiger partial charge is 0.259 e. The average Bonchev–Trinajstić information content (AvgIpc) is 2.67. The molecule has 164 valence electrons. The molecule has 0 spiro atoms. The van der Waals surface area contributed by atoms with E-state index in [1.54, 1.807) is 49.4 Å². The summed E-state index contributed by atoms with van der Waals surface area (Å²) in [6.45, 7) is 2.06. The van der Waals surface area contributed by atoms with E-state index >= 15 is 0 Å². The number of hydrogen-bond donors (Lipinski definition) is 1. The van der Waals surface area contributed by atoms with E-state index in [1.165, 1.54) is 4.90 Å². The summed E-state index contributed by atoms with van der Waals surface area (Å²) in [7, 11) is -3.88. The molecule has 6 nitrogen and oxygen atoms in total. The van der Waals surface area contributed by atoms with Crippen LogP contribution in [0.4, 0.5) is 0 Å². The lowest BCUT2D eigenvalue weighted by Crippen LogP contribution is -2.71. The van der Waals surface area contributed by atoms with E-state index in [2.05, 4.69) is 4.72 Å². The Labute approximate surface area is 187 Å². The molecule has 1 saturated heterocycles. The molecule has 2 aromatic rings. The standard InChI is InChI=1S/C23H25ClN2O4S/c1-22(20(27)25-31(29,30)16-17-6-3-2-4-7-17)14-15-26(22)21(28)23(12-5-13-23)18-8-10-19(24)11-9-18/h2-4,6-11H,5,12-16H2,1H3,(H,25,27). The van der Waals surface area contributed by atoms with Gasteiger partial charge in [0.05, 0.1) is 11.2 Å². The Balaban J connectivity index is 1.51. The van der Waals surface area contributed by atoms with Crippen LogP contribution in [0.15, 0.2) is 54.6 Å². The first-order chi connectivity index (χ1) is 14.7. The highest BCUT2D eigenvalue weighted by Gasteiger charge is 2.57. The molecule has 1 unspecified atom stereocenters. The summed E-state index contributed by atoms with van der Waals surface area (Å²) in [5.74, 6) is -1.07. The van der Waals surface area contributed by atoms with Crippen LogP contribution in [0.5, 0.6) is 0 Å². The molecular formula is C23H25ClN2O4S. The van der Waals surface area contributed by atoms with Gasteiger partial charge in [0, 0.05) is 11.6 Å². The van der Waals surface area contributed by atoms with E-state index in [0.29, 0.717) is 36.4 Å². The Kier molecular flexibility index (Phi) is 5.60. The Morgan fingerprint density at radius 1 is 1.03 bits per heavy atom. The van der Waals surface area contributed by atoms with Gasteiger partial charge in [-0.05, 0) is 49.4 Å². The monoisotopic (exact) mass is 460 g/mol.